The van der Waals surface area contributed by atoms with Crippen molar-refractivity contribution in [2.75, 3.05) is 5.32 Å². The fourth-order valence-corrected chi connectivity index (χ4v) is 2.18. The summed E-state index contributed by atoms with van der Waals surface area (Å²) in [5, 5.41) is 3.27. The Hall–Kier alpha value is -1.82. The number of carbonyl (C=O) groups excluding carboxylic acids is 2. The Morgan fingerprint density at radius 1 is 1.22 bits per heavy atom. The number of rotatable bonds is 4. The fraction of sp³-hybridized carbons (Fsp3) is 0.133. The zero-order valence-corrected chi connectivity index (χ0v) is 14.1. The van der Waals surface area contributed by atoms with Crippen LogP contribution < -0.4 is 5.32 Å². The first-order valence-electron chi connectivity index (χ1n) is 6.46. The number of pyridine rings is 1. The molecule has 1 atom stereocenters. The zero-order valence-electron chi connectivity index (χ0n) is 11.8. The lowest BCUT2D eigenvalue weighted by Gasteiger charge is -2.14. The highest BCUT2D eigenvalue weighted by Crippen LogP contribution is 2.25. The van der Waals surface area contributed by atoms with Crippen LogP contribution >= 0.6 is 34.8 Å². The van der Waals surface area contributed by atoms with E-state index in [4.69, 9.17) is 39.5 Å². The first-order chi connectivity index (χ1) is 10.9. The van der Waals surface area contributed by atoms with Gasteiger partial charge in [0, 0.05) is 11.2 Å². The molecule has 0 spiro atoms. The molecule has 120 valence electrons. The van der Waals surface area contributed by atoms with Crippen molar-refractivity contribution in [2.24, 2.45) is 0 Å². The summed E-state index contributed by atoms with van der Waals surface area (Å²) in [6.07, 6.45) is 0.380. The standard InChI is InChI=1S/C15H11Cl3N2O3/c1-8(23-15(22)10-3-2-6-19-13(10)18)14(21)20-12-7-9(16)4-5-11(12)17/h2-8H,1H3,(H,20,21)/t8-/m1/s1. The Morgan fingerprint density at radius 2 is 1.96 bits per heavy atom. The number of aromatic nitrogens is 1. The van der Waals surface area contributed by atoms with E-state index >= 15 is 0 Å². The van der Waals surface area contributed by atoms with Crippen molar-refractivity contribution in [3.8, 4) is 0 Å². The van der Waals surface area contributed by atoms with Crippen LogP contribution in [0.15, 0.2) is 36.5 Å². The van der Waals surface area contributed by atoms with Gasteiger partial charge in [0.15, 0.2) is 6.10 Å². The van der Waals surface area contributed by atoms with Gasteiger partial charge in [0.2, 0.25) is 0 Å². The van der Waals surface area contributed by atoms with Gasteiger partial charge in [0.05, 0.1) is 16.3 Å². The lowest BCUT2D eigenvalue weighted by atomic mass is 10.2. The molecular weight excluding hydrogens is 363 g/mol. The maximum atomic E-state index is 12.1. The predicted molar refractivity (Wildman–Crippen MR) is 89.2 cm³/mol. The second-order valence-corrected chi connectivity index (χ2v) is 5.70. The molecule has 0 fully saturated rings. The molecule has 0 saturated heterocycles. The molecular formula is C15H11Cl3N2O3. The topological polar surface area (TPSA) is 68.3 Å². The van der Waals surface area contributed by atoms with Crippen LogP contribution in [0.2, 0.25) is 15.2 Å². The molecule has 2 aromatic rings. The van der Waals surface area contributed by atoms with Crippen molar-refractivity contribution < 1.29 is 14.3 Å². The highest BCUT2D eigenvalue weighted by atomic mass is 35.5. The number of amides is 1. The van der Waals surface area contributed by atoms with Gasteiger partial charge in [-0.25, -0.2) is 9.78 Å². The second-order valence-electron chi connectivity index (χ2n) is 4.50. The van der Waals surface area contributed by atoms with E-state index in [9.17, 15) is 9.59 Å². The second kappa shape index (κ2) is 7.64. The third-order valence-corrected chi connectivity index (χ3v) is 3.68. The number of esters is 1. The van der Waals surface area contributed by atoms with Crippen molar-refractivity contribution in [1.29, 1.82) is 0 Å². The van der Waals surface area contributed by atoms with Crippen LogP contribution in [0.5, 0.6) is 0 Å². The number of carbonyl (C=O) groups is 2. The summed E-state index contributed by atoms with van der Waals surface area (Å²) in [6, 6.07) is 7.63. The van der Waals surface area contributed by atoms with Crippen LogP contribution in [0.1, 0.15) is 17.3 Å². The average Bonchev–Trinajstić information content (AvgIpc) is 2.51. The number of nitrogens with zero attached hydrogens (tertiary/aromatic N) is 1. The Morgan fingerprint density at radius 3 is 2.65 bits per heavy atom. The molecule has 5 nitrogen and oxygen atoms in total. The molecule has 1 N–H and O–H groups in total. The molecule has 1 amide bonds. The lowest BCUT2D eigenvalue weighted by Crippen LogP contribution is -2.30. The molecule has 0 aliphatic carbocycles. The molecule has 23 heavy (non-hydrogen) atoms. The molecule has 8 heteroatoms. The lowest BCUT2D eigenvalue weighted by molar-refractivity contribution is -0.123. The molecule has 2 rings (SSSR count). The molecule has 1 aromatic heterocycles. The van der Waals surface area contributed by atoms with E-state index in [1.54, 1.807) is 18.2 Å². The van der Waals surface area contributed by atoms with Gasteiger partial charge < -0.3 is 10.1 Å². The highest BCUT2D eigenvalue weighted by Gasteiger charge is 2.21. The maximum Gasteiger partial charge on any atom is 0.342 e. The van der Waals surface area contributed by atoms with E-state index in [0.29, 0.717) is 15.7 Å². The van der Waals surface area contributed by atoms with E-state index < -0.39 is 18.0 Å². The predicted octanol–water partition coefficient (Wildman–Crippen LogP) is 4.23. The van der Waals surface area contributed by atoms with Gasteiger partial charge in [0.25, 0.3) is 5.91 Å². The van der Waals surface area contributed by atoms with Crippen LogP contribution in [0.25, 0.3) is 0 Å². The Kier molecular flexibility index (Phi) is 5.82. The summed E-state index contributed by atoms with van der Waals surface area (Å²) in [7, 11) is 0. The Bertz CT molecular complexity index is 752. The summed E-state index contributed by atoms with van der Waals surface area (Å²) in [5.74, 6) is -1.30. The summed E-state index contributed by atoms with van der Waals surface area (Å²) in [5.41, 5.74) is 0.404. The van der Waals surface area contributed by atoms with E-state index in [-0.39, 0.29) is 10.7 Å². The number of ether oxygens (including phenoxy) is 1. The Balaban J connectivity index is 2.04. The zero-order chi connectivity index (χ0) is 17.0. The van der Waals surface area contributed by atoms with Crippen molar-refractivity contribution in [2.45, 2.75) is 13.0 Å². The third kappa shape index (κ3) is 4.58. The van der Waals surface area contributed by atoms with Crippen LogP contribution in [0, 0.1) is 0 Å². The third-order valence-electron chi connectivity index (χ3n) is 2.82. The molecule has 0 unspecified atom stereocenters. The van der Waals surface area contributed by atoms with E-state index in [1.165, 1.54) is 25.3 Å². The number of benzene rings is 1. The van der Waals surface area contributed by atoms with Gasteiger partial charge in [-0.05, 0) is 37.3 Å². The SMILES string of the molecule is C[C@@H](OC(=O)c1cccnc1Cl)C(=O)Nc1cc(Cl)ccc1Cl. The van der Waals surface area contributed by atoms with Crippen molar-refractivity contribution in [3.63, 3.8) is 0 Å². The molecule has 1 aromatic carbocycles. The summed E-state index contributed by atoms with van der Waals surface area (Å²) >= 11 is 17.6. The quantitative estimate of drug-likeness (QED) is 0.643. The molecule has 0 bridgehead atoms. The first-order valence-corrected chi connectivity index (χ1v) is 7.59. The van der Waals surface area contributed by atoms with Gasteiger partial charge in [-0.2, -0.15) is 0 Å². The van der Waals surface area contributed by atoms with Crippen LogP contribution in [0.4, 0.5) is 5.69 Å². The maximum absolute atomic E-state index is 12.1. The fourth-order valence-electron chi connectivity index (χ4n) is 1.64. The monoisotopic (exact) mass is 372 g/mol. The number of hydrogen-bond acceptors (Lipinski definition) is 4. The van der Waals surface area contributed by atoms with Gasteiger partial charge in [-0.15, -0.1) is 0 Å². The molecule has 0 aliphatic rings. The minimum atomic E-state index is -1.06. The molecule has 0 aliphatic heterocycles. The largest absolute Gasteiger partial charge is 0.449 e. The first kappa shape index (κ1) is 17.5. The van der Waals surface area contributed by atoms with Crippen molar-refractivity contribution in [3.05, 3.63) is 57.3 Å². The van der Waals surface area contributed by atoms with E-state index in [2.05, 4.69) is 10.3 Å². The number of anilines is 1. The van der Waals surface area contributed by atoms with Crippen molar-refractivity contribution in [1.82, 2.24) is 4.98 Å². The number of hydrogen-bond donors (Lipinski definition) is 1. The van der Waals surface area contributed by atoms with Crippen LogP contribution in [-0.4, -0.2) is 23.0 Å². The molecule has 1 heterocycles. The van der Waals surface area contributed by atoms with Gasteiger partial charge >= 0.3 is 5.97 Å². The van der Waals surface area contributed by atoms with E-state index in [1.807, 2.05) is 0 Å². The molecule has 0 radical (unpaired) electrons. The number of halogens is 3. The smallest absolute Gasteiger partial charge is 0.342 e. The van der Waals surface area contributed by atoms with Gasteiger partial charge in [-0.3, -0.25) is 4.79 Å². The summed E-state index contributed by atoms with van der Waals surface area (Å²) in [6.45, 7) is 1.43. The van der Waals surface area contributed by atoms with Gasteiger partial charge in [-0.1, -0.05) is 34.8 Å². The summed E-state index contributed by atoms with van der Waals surface area (Å²) in [4.78, 5) is 27.8. The minimum absolute atomic E-state index is 0.00277. The van der Waals surface area contributed by atoms with Crippen molar-refractivity contribution >= 4 is 52.4 Å². The van der Waals surface area contributed by atoms with Gasteiger partial charge in [0.1, 0.15) is 5.15 Å². The minimum Gasteiger partial charge on any atom is -0.449 e. The molecule has 0 saturated carbocycles. The van der Waals surface area contributed by atoms with Crippen LogP contribution in [0.3, 0.4) is 0 Å². The number of nitrogens with one attached hydrogen (secondary N) is 1. The summed E-state index contributed by atoms with van der Waals surface area (Å²) < 4.78 is 5.07. The normalized spacial score (nSPS) is 11.7. The van der Waals surface area contributed by atoms with Crippen LogP contribution in [-0.2, 0) is 9.53 Å². The average molecular weight is 374 g/mol. The highest BCUT2D eigenvalue weighted by molar-refractivity contribution is 6.35. The Labute approximate surface area is 147 Å². The van der Waals surface area contributed by atoms with E-state index in [0.717, 1.165) is 0 Å².